The second-order valence-corrected chi connectivity index (χ2v) is 7.02. The van der Waals surface area contributed by atoms with Crippen LogP contribution in [0.25, 0.3) is 10.8 Å². The third-order valence-corrected chi connectivity index (χ3v) is 4.96. The number of fused-ring (bicyclic) bond motifs is 1. The van der Waals surface area contributed by atoms with Crippen LogP contribution < -0.4 is 5.32 Å². The lowest BCUT2D eigenvalue weighted by atomic mass is 9.97. The molecule has 2 aromatic carbocycles. The zero-order valence-corrected chi connectivity index (χ0v) is 14.7. The first-order chi connectivity index (χ1) is 13.1. The van der Waals surface area contributed by atoms with E-state index in [-0.39, 0.29) is 18.4 Å². The number of nitrogens with zero attached hydrogens (tertiary/aromatic N) is 1. The highest BCUT2D eigenvalue weighted by Crippen LogP contribution is 2.40. The van der Waals surface area contributed by atoms with Crippen molar-refractivity contribution in [1.29, 1.82) is 0 Å². The van der Waals surface area contributed by atoms with E-state index in [2.05, 4.69) is 10.5 Å². The summed E-state index contributed by atoms with van der Waals surface area (Å²) in [6, 6.07) is 13.9. The number of carbonyl (C=O) groups excluding carboxylic acids is 1. The Morgan fingerprint density at radius 1 is 1.19 bits per heavy atom. The molecule has 1 heterocycles. The highest BCUT2D eigenvalue weighted by Gasteiger charge is 2.32. The number of carboxylic acids is 1. The summed E-state index contributed by atoms with van der Waals surface area (Å²) in [4.78, 5) is 24.1. The first-order valence-electron chi connectivity index (χ1n) is 9.05. The molecule has 3 aromatic rings. The molecule has 0 saturated heterocycles. The first-order valence-corrected chi connectivity index (χ1v) is 9.05. The molecule has 0 aliphatic heterocycles. The average molecular weight is 364 g/mol. The summed E-state index contributed by atoms with van der Waals surface area (Å²) in [6.07, 6.45) is 3.70. The number of hydrogen-bond acceptors (Lipinski definition) is 4. The molecule has 1 aromatic heterocycles. The molecular formula is C21H20N2O4. The number of aliphatic carboxylic acids is 1. The Hall–Kier alpha value is -3.15. The van der Waals surface area contributed by atoms with Gasteiger partial charge in [0, 0.05) is 12.5 Å². The van der Waals surface area contributed by atoms with Crippen LogP contribution in [-0.2, 0) is 11.2 Å². The smallest absolute Gasteiger partial charge is 0.308 e. The van der Waals surface area contributed by atoms with E-state index in [4.69, 9.17) is 4.52 Å². The zero-order chi connectivity index (χ0) is 18.8. The predicted molar refractivity (Wildman–Crippen MR) is 99.6 cm³/mol. The van der Waals surface area contributed by atoms with Crippen LogP contribution in [0.2, 0.25) is 0 Å². The Morgan fingerprint density at radius 2 is 1.96 bits per heavy atom. The van der Waals surface area contributed by atoms with Gasteiger partial charge in [0.15, 0.2) is 0 Å². The summed E-state index contributed by atoms with van der Waals surface area (Å²) < 4.78 is 4.93. The van der Waals surface area contributed by atoms with Gasteiger partial charge in [0.2, 0.25) is 0 Å². The number of carboxylic acid groups (broad SMARTS) is 1. The molecule has 6 nitrogen and oxygen atoms in total. The van der Waals surface area contributed by atoms with E-state index >= 15 is 0 Å². The lowest BCUT2D eigenvalue weighted by molar-refractivity contribution is -0.141. The van der Waals surface area contributed by atoms with Gasteiger partial charge in [-0.25, -0.2) is 0 Å². The van der Waals surface area contributed by atoms with Crippen LogP contribution in [0.15, 0.2) is 53.3 Å². The molecule has 4 rings (SSSR count). The normalized spacial score (nSPS) is 14.8. The molecule has 1 fully saturated rings. The van der Waals surface area contributed by atoms with Gasteiger partial charge in [-0.15, -0.1) is 0 Å². The molecule has 0 spiro atoms. The number of hydrogen-bond donors (Lipinski definition) is 2. The van der Waals surface area contributed by atoms with Crippen molar-refractivity contribution in [2.24, 2.45) is 5.92 Å². The topological polar surface area (TPSA) is 92.4 Å². The van der Waals surface area contributed by atoms with Crippen LogP contribution in [0, 0.1) is 5.92 Å². The summed E-state index contributed by atoms with van der Waals surface area (Å²) in [6.45, 7) is 0.0519. The van der Waals surface area contributed by atoms with Crippen molar-refractivity contribution < 1.29 is 19.2 Å². The Bertz CT molecular complexity index is 991. The maximum atomic E-state index is 12.4. The van der Waals surface area contributed by atoms with Gasteiger partial charge >= 0.3 is 5.97 Å². The third-order valence-electron chi connectivity index (χ3n) is 4.96. The van der Waals surface area contributed by atoms with Gasteiger partial charge in [-0.05, 0) is 35.6 Å². The minimum Gasteiger partial charge on any atom is -0.481 e. The van der Waals surface area contributed by atoms with E-state index < -0.39 is 11.9 Å². The Morgan fingerprint density at radius 3 is 2.70 bits per heavy atom. The van der Waals surface area contributed by atoms with Crippen LogP contribution in [0.1, 0.15) is 40.4 Å². The summed E-state index contributed by atoms with van der Waals surface area (Å²) in [5, 5.41) is 18.4. The van der Waals surface area contributed by atoms with Crippen LogP contribution in [0.3, 0.4) is 0 Å². The number of amides is 1. The number of benzene rings is 2. The lowest BCUT2D eigenvalue weighted by Gasteiger charge is -2.14. The molecular weight excluding hydrogens is 344 g/mol. The molecule has 1 unspecified atom stereocenters. The van der Waals surface area contributed by atoms with Crippen molar-refractivity contribution in [3.63, 3.8) is 0 Å². The molecule has 138 valence electrons. The standard InChI is InChI=1S/C21H20N2O4/c24-20(18-12-27-23-19(18)15-7-8-15)22-11-17(21(25)26)10-13-5-6-14-3-1-2-4-16(14)9-13/h1-6,9,12,15,17H,7-8,10-11H2,(H,22,24)(H,25,26). The fourth-order valence-corrected chi connectivity index (χ4v) is 3.27. The maximum absolute atomic E-state index is 12.4. The molecule has 1 saturated carbocycles. The van der Waals surface area contributed by atoms with Gasteiger partial charge in [0.05, 0.1) is 11.6 Å². The van der Waals surface area contributed by atoms with Crippen LogP contribution in [-0.4, -0.2) is 28.7 Å². The molecule has 1 aliphatic carbocycles. The molecule has 27 heavy (non-hydrogen) atoms. The van der Waals surface area contributed by atoms with Gasteiger partial charge in [0.25, 0.3) is 5.91 Å². The maximum Gasteiger partial charge on any atom is 0.308 e. The van der Waals surface area contributed by atoms with E-state index in [0.29, 0.717) is 17.7 Å². The van der Waals surface area contributed by atoms with Crippen LogP contribution in [0.5, 0.6) is 0 Å². The van der Waals surface area contributed by atoms with Gasteiger partial charge in [0.1, 0.15) is 11.8 Å². The lowest BCUT2D eigenvalue weighted by Crippen LogP contribution is -2.34. The number of aromatic nitrogens is 1. The van der Waals surface area contributed by atoms with Crippen molar-refractivity contribution in [3.05, 3.63) is 65.5 Å². The second kappa shape index (κ2) is 7.23. The summed E-state index contributed by atoms with van der Waals surface area (Å²) in [5.74, 6) is -1.68. The highest BCUT2D eigenvalue weighted by molar-refractivity contribution is 5.95. The molecule has 0 radical (unpaired) electrons. The molecule has 1 atom stereocenters. The average Bonchev–Trinajstić information content (AvgIpc) is 3.40. The molecule has 6 heteroatoms. The zero-order valence-electron chi connectivity index (χ0n) is 14.7. The van der Waals surface area contributed by atoms with Crippen molar-refractivity contribution in [1.82, 2.24) is 10.5 Å². The van der Waals surface area contributed by atoms with Crippen molar-refractivity contribution in [2.75, 3.05) is 6.54 Å². The highest BCUT2D eigenvalue weighted by atomic mass is 16.5. The van der Waals surface area contributed by atoms with E-state index in [1.54, 1.807) is 0 Å². The minimum atomic E-state index is -0.934. The second-order valence-electron chi connectivity index (χ2n) is 7.02. The molecule has 1 amide bonds. The van der Waals surface area contributed by atoms with E-state index in [0.717, 1.165) is 29.2 Å². The number of nitrogens with one attached hydrogen (secondary N) is 1. The Balaban J connectivity index is 1.43. The number of carbonyl (C=O) groups is 2. The van der Waals surface area contributed by atoms with E-state index in [1.165, 1.54) is 6.26 Å². The molecule has 2 N–H and O–H groups in total. The third kappa shape index (κ3) is 3.84. The Kier molecular flexibility index (Phi) is 4.62. The number of rotatable bonds is 7. The minimum absolute atomic E-state index is 0.0519. The summed E-state index contributed by atoms with van der Waals surface area (Å²) in [7, 11) is 0. The van der Waals surface area contributed by atoms with E-state index in [9.17, 15) is 14.7 Å². The monoisotopic (exact) mass is 364 g/mol. The predicted octanol–water partition coefficient (Wildman–Crippen LogP) is 3.38. The fraction of sp³-hybridized carbons (Fsp3) is 0.286. The first kappa shape index (κ1) is 17.3. The summed E-state index contributed by atoms with van der Waals surface area (Å²) in [5.41, 5.74) is 2.01. The SMILES string of the molecule is O=C(NCC(Cc1ccc2ccccc2c1)C(=O)O)c1conc1C1CC1. The largest absolute Gasteiger partial charge is 0.481 e. The van der Waals surface area contributed by atoms with Crippen molar-refractivity contribution >= 4 is 22.6 Å². The van der Waals surface area contributed by atoms with Gasteiger partial charge in [-0.3, -0.25) is 9.59 Å². The van der Waals surface area contributed by atoms with Crippen molar-refractivity contribution in [3.8, 4) is 0 Å². The van der Waals surface area contributed by atoms with Gasteiger partial charge in [-0.2, -0.15) is 0 Å². The fourth-order valence-electron chi connectivity index (χ4n) is 3.27. The summed E-state index contributed by atoms with van der Waals surface area (Å²) >= 11 is 0. The molecule has 1 aliphatic rings. The van der Waals surface area contributed by atoms with Gasteiger partial charge in [-0.1, -0.05) is 47.6 Å². The van der Waals surface area contributed by atoms with Crippen LogP contribution in [0.4, 0.5) is 0 Å². The van der Waals surface area contributed by atoms with Gasteiger partial charge < -0.3 is 14.9 Å². The van der Waals surface area contributed by atoms with Crippen LogP contribution >= 0.6 is 0 Å². The quantitative estimate of drug-likeness (QED) is 0.670. The Labute approximate surface area is 156 Å². The molecule has 0 bridgehead atoms. The van der Waals surface area contributed by atoms with Crippen molar-refractivity contribution in [2.45, 2.75) is 25.2 Å². The van der Waals surface area contributed by atoms with E-state index in [1.807, 2.05) is 42.5 Å².